The molecule has 1 rings (SSSR count). The summed E-state index contributed by atoms with van der Waals surface area (Å²) in [4.78, 5) is 10.4. The van der Waals surface area contributed by atoms with Gasteiger partial charge in [-0.15, -0.1) is 0 Å². The van der Waals surface area contributed by atoms with E-state index < -0.39 is 4.92 Å². The van der Waals surface area contributed by atoms with Crippen LogP contribution in [0.3, 0.4) is 0 Å². The maximum Gasteiger partial charge on any atom is 0.275 e. The molecule has 0 saturated carbocycles. The lowest BCUT2D eigenvalue weighted by Crippen LogP contribution is -2.16. The summed E-state index contributed by atoms with van der Waals surface area (Å²) in [6.45, 7) is 4.20. The van der Waals surface area contributed by atoms with E-state index in [1.807, 2.05) is 11.8 Å². The fraction of sp³-hybridized carbons (Fsp3) is 0.538. The Kier molecular flexibility index (Phi) is 6.49. The van der Waals surface area contributed by atoms with Gasteiger partial charge in [-0.25, -0.2) is 0 Å². The normalized spacial score (nSPS) is 11.9. The number of nitro benzene ring substituents is 1. The Hall–Kier alpha value is -1.43. The minimum atomic E-state index is -0.411. The van der Waals surface area contributed by atoms with Crippen molar-refractivity contribution < 1.29 is 9.66 Å². The molecular weight excluding hydrogens is 264 g/mol. The van der Waals surface area contributed by atoms with Crippen LogP contribution in [0.1, 0.15) is 20.3 Å². The van der Waals surface area contributed by atoms with Gasteiger partial charge in [-0.2, -0.15) is 11.8 Å². The fourth-order valence-corrected chi connectivity index (χ4v) is 2.46. The molecule has 0 aliphatic carbocycles. The van der Waals surface area contributed by atoms with Crippen LogP contribution in [0.4, 0.5) is 11.4 Å². The molecule has 0 aliphatic heterocycles. The third kappa shape index (κ3) is 5.38. The molecule has 0 heterocycles. The van der Waals surface area contributed by atoms with Gasteiger partial charge in [-0.05, 0) is 24.9 Å². The van der Waals surface area contributed by atoms with Crippen LogP contribution in [0.2, 0.25) is 0 Å². The molecule has 1 unspecified atom stereocenters. The van der Waals surface area contributed by atoms with Gasteiger partial charge >= 0.3 is 0 Å². The summed E-state index contributed by atoms with van der Waals surface area (Å²) in [6, 6.07) is 5.00. The minimum absolute atomic E-state index is 0.0389. The molecule has 1 N–H and O–H groups in total. The van der Waals surface area contributed by atoms with Crippen LogP contribution in [0.25, 0.3) is 0 Å². The van der Waals surface area contributed by atoms with Crippen molar-refractivity contribution in [3.63, 3.8) is 0 Å². The Balaban J connectivity index is 2.71. The van der Waals surface area contributed by atoms with Crippen molar-refractivity contribution in [3.8, 4) is 5.75 Å². The zero-order valence-corrected chi connectivity index (χ0v) is 12.3. The highest BCUT2D eigenvalue weighted by Gasteiger charge is 2.11. The molecule has 19 heavy (non-hydrogen) atoms. The van der Waals surface area contributed by atoms with Crippen LogP contribution in [0.15, 0.2) is 18.2 Å². The molecule has 0 aliphatic rings. The molecular formula is C13H20N2O3S. The van der Waals surface area contributed by atoms with Gasteiger partial charge in [0, 0.05) is 23.9 Å². The number of non-ortho nitro benzene ring substituents is 1. The molecule has 0 radical (unpaired) electrons. The molecule has 5 nitrogen and oxygen atoms in total. The maximum absolute atomic E-state index is 10.8. The van der Waals surface area contributed by atoms with Crippen LogP contribution in [0, 0.1) is 10.1 Å². The Bertz CT molecular complexity index is 426. The van der Waals surface area contributed by atoms with Gasteiger partial charge < -0.3 is 10.1 Å². The second-order valence-corrected chi connectivity index (χ2v) is 5.60. The van der Waals surface area contributed by atoms with Crippen LogP contribution in [0.5, 0.6) is 5.75 Å². The van der Waals surface area contributed by atoms with Crippen molar-refractivity contribution >= 4 is 23.1 Å². The number of hydrogen-bond acceptors (Lipinski definition) is 5. The first-order valence-corrected chi connectivity index (χ1v) is 7.40. The SMILES string of the molecule is CCSCCC(C)Nc1cc(OC)cc([N+](=O)[O-])c1. The molecule has 6 heteroatoms. The number of anilines is 1. The average molecular weight is 284 g/mol. The van der Waals surface area contributed by atoms with Gasteiger partial charge in [0.05, 0.1) is 18.1 Å². The molecule has 106 valence electrons. The first-order chi connectivity index (χ1) is 9.06. The Morgan fingerprint density at radius 2 is 2.21 bits per heavy atom. The van der Waals surface area contributed by atoms with Crippen LogP contribution in [-0.4, -0.2) is 29.6 Å². The predicted octanol–water partition coefficient (Wildman–Crippen LogP) is 3.55. The highest BCUT2D eigenvalue weighted by atomic mass is 32.2. The lowest BCUT2D eigenvalue weighted by atomic mass is 10.2. The topological polar surface area (TPSA) is 64.4 Å². The van der Waals surface area contributed by atoms with E-state index in [1.54, 1.807) is 6.07 Å². The third-order valence-corrected chi connectivity index (χ3v) is 3.58. The highest BCUT2D eigenvalue weighted by Crippen LogP contribution is 2.26. The van der Waals surface area contributed by atoms with E-state index in [0.717, 1.165) is 23.6 Å². The lowest BCUT2D eigenvalue weighted by molar-refractivity contribution is -0.384. The van der Waals surface area contributed by atoms with Crippen molar-refractivity contribution in [2.45, 2.75) is 26.3 Å². The molecule has 0 saturated heterocycles. The monoisotopic (exact) mass is 284 g/mol. The Labute approximate surface area is 117 Å². The van der Waals surface area contributed by atoms with Gasteiger partial charge in [0.1, 0.15) is 5.75 Å². The van der Waals surface area contributed by atoms with Crippen molar-refractivity contribution in [1.29, 1.82) is 0 Å². The molecule has 0 spiro atoms. The summed E-state index contributed by atoms with van der Waals surface area (Å²) < 4.78 is 5.08. The van der Waals surface area contributed by atoms with Crippen molar-refractivity contribution in [2.24, 2.45) is 0 Å². The number of rotatable bonds is 8. The standard InChI is InChI=1S/C13H20N2O3S/c1-4-19-6-5-10(2)14-11-7-12(15(16)17)9-13(8-11)18-3/h7-10,14H,4-6H2,1-3H3. The van der Waals surface area contributed by atoms with E-state index in [4.69, 9.17) is 4.74 Å². The van der Waals surface area contributed by atoms with Crippen molar-refractivity contribution in [2.75, 3.05) is 23.9 Å². The second-order valence-electron chi connectivity index (χ2n) is 4.21. The summed E-state index contributed by atoms with van der Waals surface area (Å²) in [5.74, 6) is 2.68. The van der Waals surface area contributed by atoms with Gasteiger partial charge in [-0.3, -0.25) is 10.1 Å². The Morgan fingerprint density at radius 3 is 2.79 bits per heavy atom. The second kappa shape index (κ2) is 7.89. The summed E-state index contributed by atoms with van der Waals surface area (Å²) in [5.41, 5.74) is 0.761. The first kappa shape index (κ1) is 15.6. The van der Waals surface area contributed by atoms with Crippen LogP contribution >= 0.6 is 11.8 Å². The van der Waals surface area contributed by atoms with Crippen LogP contribution < -0.4 is 10.1 Å². The number of hydrogen-bond donors (Lipinski definition) is 1. The van der Waals surface area contributed by atoms with Gasteiger partial charge in [-0.1, -0.05) is 6.92 Å². The smallest absolute Gasteiger partial charge is 0.275 e. The van der Waals surface area contributed by atoms with Gasteiger partial charge in [0.15, 0.2) is 0 Å². The summed E-state index contributed by atoms with van der Waals surface area (Å²) in [5, 5.41) is 14.1. The fourth-order valence-electron chi connectivity index (χ4n) is 1.65. The summed E-state index contributed by atoms with van der Waals surface area (Å²) in [6.07, 6.45) is 1.02. The molecule has 0 bridgehead atoms. The molecule has 1 aromatic rings. The van der Waals surface area contributed by atoms with E-state index in [1.165, 1.54) is 19.2 Å². The maximum atomic E-state index is 10.8. The zero-order valence-electron chi connectivity index (χ0n) is 11.5. The molecule has 0 aromatic heterocycles. The zero-order chi connectivity index (χ0) is 14.3. The first-order valence-electron chi connectivity index (χ1n) is 6.24. The van der Waals surface area contributed by atoms with Crippen molar-refractivity contribution in [1.82, 2.24) is 0 Å². The minimum Gasteiger partial charge on any atom is -0.496 e. The molecule has 0 fully saturated rings. The summed E-state index contributed by atoms with van der Waals surface area (Å²) in [7, 11) is 1.50. The van der Waals surface area contributed by atoms with E-state index in [0.29, 0.717) is 5.75 Å². The van der Waals surface area contributed by atoms with E-state index in [2.05, 4.69) is 19.2 Å². The molecule has 0 amide bonds. The number of ether oxygens (including phenoxy) is 1. The number of benzene rings is 1. The lowest BCUT2D eigenvalue weighted by Gasteiger charge is -2.15. The van der Waals surface area contributed by atoms with Gasteiger partial charge in [0.25, 0.3) is 5.69 Å². The Morgan fingerprint density at radius 1 is 1.47 bits per heavy atom. The van der Waals surface area contributed by atoms with Crippen LogP contribution in [-0.2, 0) is 0 Å². The predicted molar refractivity (Wildman–Crippen MR) is 80.3 cm³/mol. The quantitative estimate of drug-likeness (QED) is 0.449. The number of nitro groups is 1. The van der Waals surface area contributed by atoms with Gasteiger partial charge in [0.2, 0.25) is 0 Å². The number of nitrogens with one attached hydrogen (secondary N) is 1. The average Bonchev–Trinajstić information content (AvgIpc) is 2.38. The summed E-state index contributed by atoms with van der Waals surface area (Å²) >= 11 is 1.89. The molecule has 1 aromatic carbocycles. The number of nitrogens with zero attached hydrogens (tertiary/aromatic N) is 1. The number of methoxy groups -OCH3 is 1. The van der Waals surface area contributed by atoms with E-state index in [-0.39, 0.29) is 11.7 Å². The van der Waals surface area contributed by atoms with Crippen molar-refractivity contribution in [3.05, 3.63) is 28.3 Å². The highest BCUT2D eigenvalue weighted by molar-refractivity contribution is 7.99. The largest absolute Gasteiger partial charge is 0.496 e. The van der Waals surface area contributed by atoms with E-state index >= 15 is 0 Å². The molecule has 1 atom stereocenters. The third-order valence-electron chi connectivity index (χ3n) is 2.65. The number of thioether (sulfide) groups is 1. The van der Waals surface area contributed by atoms with E-state index in [9.17, 15) is 10.1 Å².